The van der Waals surface area contributed by atoms with Crippen LogP contribution in [0.5, 0.6) is 0 Å². The van der Waals surface area contributed by atoms with E-state index >= 15 is 0 Å². The molecule has 2 aliphatic heterocycles. The zero-order valence-electron chi connectivity index (χ0n) is 20.2. The largest absolute Gasteiger partial charge is 0.445 e. The summed E-state index contributed by atoms with van der Waals surface area (Å²) in [4.78, 5) is 36.8. The first-order chi connectivity index (χ1) is 17.2. The summed E-state index contributed by atoms with van der Waals surface area (Å²) in [6, 6.07) is 5.47. The molecule has 2 amide bonds. The number of hydrogen-bond acceptors (Lipinski definition) is 6. The van der Waals surface area contributed by atoms with Gasteiger partial charge >= 0.3 is 0 Å². The van der Waals surface area contributed by atoms with E-state index in [9.17, 15) is 9.59 Å². The van der Waals surface area contributed by atoms with Crippen molar-refractivity contribution in [3.05, 3.63) is 68.2 Å². The van der Waals surface area contributed by atoms with Gasteiger partial charge in [-0.2, -0.15) is 0 Å². The molecule has 2 aromatic heterocycles. The Hall–Kier alpha value is -2.42. The molecule has 6 rings (SSSR count). The highest BCUT2D eigenvalue weighted by atomic mass is 35.5. The van der Waals surface area contributed by atoms with E-state index < -0.39 is 0 Å². The van der Waals surface area contributed by atoms with E-state index in [-0.39, 0.29) is 17.2 Å². The Kier molecular flexibility index (Phi) is 6.87. The smallest absolute Gasteiger partial charge is 0.265 e. The summed E-state index contributed by atoms with van der Waals surface area (Å²) < 4.78 is 6.12. The lowest BCUT2D eigenvalue weighted by Crippen LogP contribution is -2.59. The van der Waals surface area contributed by atoms with Gasteiger partial charge in [-0.15, -0.1) is 11.3 Å². The van der Waals surface area contributed by atoms with Gasteiger partial charge in [0.05, 0.1) is 33.9 Å². The number of thiazole rings is 1. The summed E-state index contributed by atoms with van der Waals surface area (Å²) in [5, 5.41) is 1.00. The second-order valence-electron chi connectivity index (χ2n) is 10.7. The van der Waals surface area contributed by atoms with Crippen LogP contribution in [-0.4, -0.2) is 58.3 Å². The fourth-order valence-electron chi connectivity index (χ4n) is 4.76. The molecule has 7 nitrogen and oxygen atoms in total. The van der Waals surface area contributed by atoms with Gasteiger partial charge in [-0.1, -0.05) is 43.1 Å². The van der Waals surface area contributed by atoms with Gasteiger partial charge in [0.1, 0.15) is 10.6 Å². The first-order valence-electron chi connectivity index (χ1n) is 11.9. The van der Waals surface area contributed by atoms with Crippen molar-refractivity contribution in [2.24, 2.45) is 10.8 Å². The minimum atomic E-state index is -0.243. The van der Waals surface area contributed by atoms with Gasteiger partial charge in [0, 0.05) is 38.0 Å². The van der Waals surface area contributed by atoms with Gasteiger partial charge in [-0.05, 0) is 36.0 Å². The van der Waals surface area contributed by atoms with Crippen molar-refractivity contribution in [3.63, 3.8) is 0 Å². The monoisotopic (exact) mass is 546 g/mol. The number of oxazole rings is 1. The summed E-state index contributed by atoms with van der Waals surface area (Å²) in [6.45, 7) is 6.82. The third kappa shape index (κ3) is 5.31. The number of amides is 2. The molecule has 1 aromatic carbocycles. The Morgan fingerprint density at radius 3 is 2.56 bits per heavy atom. The number of benzene rings is 1. The number of carbonyl (C=O) groups is 2. The molecule has 0 bridgehead atoms. The van der Waals surface area contributed by atoms with Crippen molar-refractivity contribution in [1.29, 1.82) is 0 Å². The third-order valence-electron chi connectivity index (χ3n) is 7.25. The molecule has 190 valence electrons. The molecule has 36 heavy (non-hydrogen) atoms. The van der Waals surface area contributed by atoms with Crippen molar-refractivity contribution in [2.45, 2.75) is 39.0 Å². The first kappa shape index (κ1) is 25.2. The maximum atomic E-state index is 12.9. The molecule has 10 heteroatoms. The molecule has 3 aliphatic rings. The molecule has 1 spiro atoms. The molecule has 3 aromatic rings. The first-order valence-corrected chi connectivity index (χ1v) is 13.6. The maximum Gasteiger partial charge on any atom is 0.265 e. The summed E-state index contributed by atoms with van der Waals surface area (Å²) >= 11 is 13.4. The number of hydrogen-bond donors (Lipinski definition) is 0. The predicted molar refractivity (Wildman–Crippen MR) is 140 cm³/mol. The molecular weight excluding hydrogens is 519 g/mol. The lowest BCUT2D eigenvalue weighted by molar-refractivity contribution is -0.129. The Morgan fingerprint density at radius 2 is 1.94 bits per heavy atom. The third-order valence-corrected chi connectivity index (χ3v) is 8.75. The Labute approximate surface area is 224 Å². The molecule has 2 saturated heterocycles. The Balaban J connectivity index is 0.000000477. The molecule has 1 aliphatic carbocycles. The standard InChI is InChI=1S/C21H18Cl2N4O3S.C5H10/c22-16-2-1-13(4-17(16)23)3-14-5-25-19(30-14)15-7-27(20(29)18-6-24-11-31-18)10-21(15)8-26(9-21)12-28;1-5(2)3-4-5/h1-2,4-6,11-12,15H,3,7-10H2;3-4H2,1-2H3. The summed E-state index contributed by atoms with van der Waals surface area (Å²) in [6.07, 6.45) is 7.59. The molecule has 4 heterocycles. The van der Waals surface area contributed by atoms with Crippen molar-refractivity contribution in [3.8, 4) is 0 Å². The number of likely N-dealkylation sites (tertiary alicyclic amines) is 2. The molecule has 3 fully saturated rings. The van der Waals surface area contributed by atoms with Gasteiger partial charge in [-0.25, -0.2) is 4.98 Å². The van der Waals surface area contributed by atoms with Crippen molar-refractivity contribution in [2.75, 3.05) is 26.2 Å². The quantitative estimate of drug-likeness (QED) is 0.393. The van der Waals surface area contributed by atoms with Crippen LogP contribution in [0.1, 0.15) is 59.5 Å². The van der Waals surface area contributed by atoms with Crippen LogP contribution in [0.25, 0.3) is 0 Å². The Morgan fingerprint density at radius 1 is 1.19 bits per heavy atom. The minimum absolute atomic E-state index is 0.0449. The van der Waals surface area contributed by atoms with Gasteiger partial charge in [0.2, 0.25) is 6.41 Å². The molecule has 0 radical (unpaired) electrons. The number of rotatable bonds is 5. The van der Waals surface area contributed by atoms with E-state index in [0.717, 1.165) is 17.4 Å². The number of carbonyl (C=O) groups excluding carboxylic acids is 2. The summed E-state index contributed by atoms with van der Waals surface area (Å²) in [5.41, 5.74) is 3.13. The molecule has 1 atom stereocenters. The highest BCUT2D eigenvalue weighted by molar-refractivity contribution is 7.11. The SMILES string of the molecule is CC1(C)CC1.O=CN1CC2(C1)CN(C(=O)c1cncs1)CC2c1ncc(Cc2ccc(Cl)c(Cl)c2)o1. The average Bonchev–Trinajstić information content (AvgIpc) is 3.31. The minimum Gasteiger partial charge on any atom is -0.445 e. The van der Waals surface area contributed by atoms with E-state index in [1.54, 1.807) is 28.9 Å². The van der Waals surface area contributed by atoms with Crippen LogP contribution < -0.4 is 0 Å². The van der Waals surface area contributed by atoms with Crippen LogP contribution >= 0.6 is 34.5 Å². The zero-order valence-corrected chi connectivity index (χ0v) is 22.6. The summed E-state index contributed by atoms with van der Waals surface area (Å²) in [7, 11) is 0. The normalized spacial score (nSPS) is 21.1. The predicted octanol–water partition coefficient (Wildman–Crippen LogP) is 5.53. The van der Waals surface area contributed by atoms with Crippen molar-refractivity contribution in [1.82, 2.24) is 19.8 Å². The van der Waals surface area contributed by atoms with E-state index in [4.69, 9.17) is 27.6 Å². The molecule has 1 saturated carbocycles. The maximum absolute atomic E-state index is 12.9. The van der Waals surface area contributed by atoms with E-state index in [1.165, 1.54) is 24.2 Å². The second-order valence-corrected chi connectivity index (χ2v) is 12.4. The fourth-order valence-corrected chi connectivity index (χ4v) is 5.67. The lowest BCUT2D eigenvalue weighted by Gasteiger charge is -2.48. The van der Waals surface area contributed by atoms with Crippen LogP contribution in [0.3, 0.4) is 0 Å². The molecule has 1 unspecified atom stereocenters. The number of nitrogens with zero attached hydrogens (tertiary/aromatic N) is 4. The molecular formula is C26H28Cl2N4O3S. The number of aromatic nitrogens is 2. The highest BCUT2D eigenvalue weighted by Crippen LogP contribution is 2.49. The van der Waals surface area contributed by atoms with Crippen LogP contribution in [0.2, 0.25) is 10.0 Å². The van der Waals surface area contributed by atoms with Gasteiger partial charge in [0.25, 0.3) is 5.91 Å². The topological polar surface area (TPSA) is 79.5 Å². The molecule has 0 N–H and O–H groups in total. The van der Waals surface area contributed by atoms with Crippen LogP contribution in [-0.2, 0) is 11.2 Å². The zero-order chi connectivity index (χ0) is 25.5. The average molecular weight is 548 g/mol. The van der Waals surface area contributed by atoms with Crippen LogP contribution in [0, 0.1) is 10.8 Å². The lowest BCUT2D eigenvalue weighted by atomic mass is 9.72. The Bertz CT molecular complexity index is 1250. The fraction of sp³-hybridized carbons (Fsp3) is 0.462. The van der Waals surface area contributed by atoms with Crippen molar-refractivity contribution >= 4 is 46.9 Å². The van der Waals surface area contributed by atoms with Gasteiger partial charge in [-0.3, -0.25) is 14.6 Å². The van der Waals surface area contributed by atoms with E-state index in [0.29, 0.717) is 59.2 Å². The summed E-state index contributed by atoms with van der Waals surface area (Å²) in [5.74, 6) is 1.18. The second kappa shape index (κ2) is 9.80. The van der Waals surface area contributed by atoms with Gasteiger partial charge in [0.15, 0.2) is 5.89 Å². The van der Waals surface area contributed by atoms with Crippen molar-refractivity contribution < 1.29 is 14.0 Å². The highest BCUT2D eigenvalue weighted by Gasteiger charge is 2.57. The van der Waals surface area contributed by atoms with Crippen LogP contribution in [0.4, 0.5) is 0 Å². The number of halogens is 2. The van der Waals surface area contributed by atoms with Gasteiger partial charge < -0.3 is 14.2 Å². The van der Waals surface area contributed by atoms with E-state index in [2.05, 4.69) is 23.8 Å². The van der Waals surface area contributed by atoms with E-state index in [1.807, 2.05) is 17.0 Å². The van der Waals surface area contributed by atoms with Crippen LogP contribution in [0.15, 0.2) is 40.5 Å².